The lowest BCUT2D eigenvalue weighted by Crippen LogP contribution is -2.37. The molecule has 28 heavy (non-hydrogen) atoms. The van der Waals surface area contributed by atoms with E-state index in [0.29, 0.717) is 18.8 Å². The summed E-state index contributed by atoms with van der Waals surface area (Å²) in [6.45, 7) is 2.00. The predicted molar refractivity (Wildman–Crippen MR) is 106 cm³/mol. The summed E-state index contributed by atoms with van der Waals surface area (Å²) in [5, 5.41) is 3.16. The fourth-order valence-electron chi connectivity index (χ4n) is 4.08. The van der Waals surface area contributed by atoms with Crippen LogP contribution in [-0.2, 0) is 22.5 Å². The zero-order chi connectivity index (χ0) is 19.7. The molecule has 0 saturated heterocycles. The van der Waals surface area contributed by atoms with Crippen molar-refractivity contribution in [1.29, 1.82) is 0 Å². The van der Waals surface area contributed by atoms with Gasteiger partial charge in [-0.1, -0.05) is 30.3 Å². The van der Waals surface area contributed by atoms with Gasteiger partial charge in [-0.15, -0.1) is 0 Å². The number of carbonyl (C=O) groups excluding carboxylic acids is 2. The number of allylic oxidation sites excluding steroid dienone is 1. The summed E-state index contributed by atoms with van der Waals surface area (Å²) in [5.41, 5.74) is 4.88. The Morgan fingerprint density at radius 1 is 1.29 bits per heavy atom. The number of methoxy groups -OCH3 is 1. The monoisotopic (exact) mass is 379 g/mol. The first-order chi connectivity index (χ1) is 13.6. The number of rotatable bonds is 6. The Labute approximate surface area is 164 Å². The first kappa shape index (κ1) is 18.5. The van der Waals surface area contributed by atoms with Crippen LogP contribution >= 0.6 is 0 Å². The largest absolute Gasteiger partial charge is 0.469 e. The summed E-state index contributed by atoms with van der Waals surface area (Å²) < 4.78 is 6.77. The highest BCUT2D eigenvalue weighted by Gasteiger charge is 2.37. The van der Waals surface area contributed by atoms with E-state index in [-0.39, 0.29) is 24.2 Å². The third-order valence-electron chi connectivity index (χ3n) is 5.56. The molecule has 0 spiro atoms. The molecular weight excluding hydrogens is 354 g/mol. The van der Waals surface area contributed by atoms with E-state index >= 15 is 0 Å². The molecule has 6 heteroatoms. The average molecular weight is 379 g/mol. The number of nitrogens with one attached hydrogen (secondary N) is 1. The number of ether oxygens (including phenoxy) is 1. The minimum atomic E-state index is -0.290. The molecule has 2 heterocycles. The van der Waals surface area contributed by atoms with Gasteiger partial charge in [-0.25, -0.2) is 0 Å². The van der Waals surface area contributed by atoms with Crippen LogP contribution in [0.2, 0.25) is 0 Å². The van der Waals surface area contributed by atoms with E-state index in [9.17, 15) is 9.59 Å². The molecule has 1 aliphatic carbocycles. The standard InChI is InChI=1S/C22H25N3O3/c1-24-11-9-16-14-25(13-15-6-4-3-5-7-15)21-20(16)18(24)12-17(22(21)27)23-10-8-19(26)28-2/h3-7,12,14,18,23H,8-11,13H2,1-2H3. The number of esters is 1. The molecule has 0 saturated carbocycles. The van der Waals surface area contributed by atoms with Crippen LogP contribution in [0.5, 0.6) is 0 Å². The topological polar surface area (TPSA) is 63.6 Å². The van der Waals surface area contributed by atoms with Crippen LogP contribution in [0, 0.1) is 0 Å². The van der Waals surface area contributed by atoms with Crippen molar-refractivity contribution in [1.82, 2.24) is 14.8 Å². The van der Waals surface area contributed by atoms with Crippen LogP contribution in [0.1, 0.15) is 39.6 Å². The molecule has 1 N–H and O–H groups in total. The number of aromatic nitrogens is 1. The lowest BCUT2D eigenvalue weighted by molar-refractivity contribution is -0.140. The van der Waals surface area contributed by atoms with Gasteiger partial charge in [0.15, 0.2) is 0 Å². The SMILES string of the molecule is COC(=O)CCNC1=CC2c3c(cn(Cc4ccccc4)c3C1=O)CCN2C. The summed E-state index contributed by atoms with van der Waals surface area (Å²) in [4.78, 5) is 27.0. The summed E-state index contributed by atoms with van der Waals surface area (Å²) >= 11 is 0. The summed E-state index contributed by atoms with van der Waals surface area (Å²) in [7, 11) is 3.46. The van der Waals surface area contributed by atoms with Gasteiger partial charge in [-0.2, -0.15) is 0 Å². The second-order valence-corrected chi connectivity index (χ2v) is 7.37. The predicted octanol–water partition coefficient (Wildman–Crippen LogP) is 2.30. The lowest BCUT2D eigenvalue weighted by atomic mass is 9.88. The average Bonchev–Trinajstić information content (AvgIpc) is 3.07. The number of Topliss-reactive ketones (excluding diaryl/α,β-unsaturated/α-hetero) is 1. The smallest absolute Gasteiger partial charge is 0.307 e. The van der Waals surface area contributed by atoms with Gasteiger partial charge in [0, 0.05) is 31.4 Å². The van der Waals surface area contributed by atoms with Gasteiger partial charge >= 0.3 is 5.97 Å². The number of likely N-dealkylation sites (N-methyl/N-ethyl adjacent to an activating group) is 1. The van der Waals surface area contributed by atoms with E-state index in [1.165, 1.54) is 18.2 Å². The maximum absolute atomic E-state index is 13.3. The van der Waals surface area contributed by atoms with E-state index in [1.54, 1.807) is 0 Å². The summed E-state index contributed by atoms with van der Waals surface area (Å²) in [5.74, 6) is -0.296. The molecule has 1 aliphatic heterocycles. The zero-order valence-electron chi connectivity index (χ0n) is 16.3. The summed E-state index contributed by atoms with van der Waals surface area (Å²) in [6.07, 6.45) is 5.31. The van der Waals surface area contributed by atoms with Crippen molar-refractivity contribution < 1.29 is 14.3 Å². The molecule has 0 fully saturated rings. The van der Waals surface area contributed by atoms with E-state index in [4.69, 9.17) is 0 Å². The first-order valence-corrected chi connectivity index (χ1v) is 9.61. The van der Waals surface area contributed by atoms with E-state index in [1.807, 2.05) is 24.3 Å². The highest BCUT2D eigenvalue weighted by atomic mass is 16.5. The quantitative estimate of drug-likeness (QED) is 0.781. The number of ketones is 1. The van der Waals surface area contributed by atoms with Gasteiger partial charge in [0.2, 0.25) is 5.78 Å². The minimum Gasteiger partial charge on any atom is -0.469 e. The fraction of sp³-hybridized carbons (Fsp3) is 0.364. The first-order valence-electron chi connectivity index (χ1n) is 9.61. The molecule has 1 unspecified atom stereocenters. The van der Waals surface area contributed by atoms with Gasteiger partial charge in [-0.3, -0.25) is 14.5 Å². The fourth-order valence-corrected chi connectivity index (χ4v) is 4.08. The molecule has 2 aliphatic rings. The molecule has 1 aromatic heterocycles. The lowest BCUT2D eigenvalue weighted by Gasteiger charge is -2.34. The number of hydrogen-bond donors (Lipinski definition) is 1. The number of benzene rings is 1. The Bertz CT molecular complexity index is 930. The molecule has 4 rings (SSSR count). The highest BCUT2D eigenvalue weighted by molar-refractivity contribution is 6.10. The van der Waals surface area contributed by atoms with Gasteiger partial charge in [0.25, 0.3) is 0 Å². The van der Waals surface area contributed by atoms with Crippen LogP contribution in [0.25, 0.3) is 0 Å². The van der Waals surface area contributed by atoms with Crippen molar-refractivity contribution in [3.8, 4) is 0 Å². The number of carbonyl (C=O) groups is 2. The highest BCUT2D eigenvalue weighted by Crippen LogP contribution is 2.38. The molecule has 6 nitrogen and oxygen atoms in total. The number of hydrogen-bond acceptors (Lipinski definition) is 5. The van der Waals surface area contributed by atoms with E-state index in [2.05, 4.69) is 44.9 Å². The Morgan fingerprint density at radius 2 is 2.07 bits per heavy atom. The van der Waals surface area contributed by atoms with Crippen molar-refractivity contribution in [2.24, 2.45) is 0 Å². The maximum atomic E-state index is 13.3. The number of nitrogens with zero attached hydrogens (tertiary/aromatic N) is 2. The van der Waals surface area contributed by atoms with Crippen LogP contribution < -0.4 is 5.32 Å². The van der Waals surface area contributed by atoms with Crippen molar-refractivity contribution in [2.75, 3.05) is 27.2 Å². The molecule has 0 radical (unpaired) electrons. The zero-order valence-corrected chi connectivity index (χ0v) is 16.3. The van der Waals surface area contributed by atoms with Gasteiger partial charge in [-0.05, 0) is 30.7 Å². The van der Waals surface area contributed by atoms with Crippen LogP contribution in [-0.4, -0.2) is 48.5 Å². The van der Waals surface area contributed by atoms with Crippen LogP contribution in [0.15, 0.2) is 48.3 Å². The van der Waals surface area contributed by atoms with Crippen LogP contribution in [0.4, 0.5) is 0 Å². The maximum Gasteiger partial charge on any atom is 0.307 e. The van der Waals surface area contributed by atoms with E-state index in [0.717, 1.165) is 24.2 Å². The van der Waals surface area contributed by atoms with Crippen molar-refractivity contribution in [2.45, 2.75) is 25.4 Å². The third-order valence-corrected chi connectivity index (χ3v) is 5.56. The van der Waals surface area contributed by atoms with Crippen molar-refractivity contribution in [3.05, 3.63) is 70.7 Å². The Balaban J connectivity index is 1.66. The van der Waals surface area contributed by atoms with Crippen molar-refractivity contribution >= 4 is 11.8 Å². The molecule has 2 aromatic rings. The minimum absolute atomic E-state index is 0.00593. The molecule has 1 atom stereocenters. The Kier molecular flexibility index (Phi) is 5.05. The Hall–Kier alpha value is -2.86. The second-order valence-electron chi connectivity index (χ2n) is 7.37. The van der Waals surface area contributed by atoms with Crippen LogP contribution in [0.3, 0.4) is 0 Å². The molecular formula is C22H25N3O3. The normalized spacial score (nSPS) is 18.4. The summed E-state index contributed by atoms with van der Waals surface area (Å²) in [6, 6.07) is 10.3. The molecule has 0 amide bonds. The van der Waals surface area contributed by atoms with Gasteiger partial charge in [0.05, 0.1) is 31.0 Å². The van der Waals surface area contributed by atoms with Crippen molar-refractivity contribution in [3.63, 3.8) is 0 Å². The van der Waals surface area contributed by atoms with E-state index < -0.39 is 0 Å². The van der Waals surface area contributed by atoms with Gasteiger partial charge < -0.3 is 14.6 Å². The molecule has 1 aromatic carbocycles. The van der Waals surface area contributed by atoms with Gasteiger partial charge in [0.1, 0.15) is 0 Å². The third kappa shape index (κ3) is 3.36. The molecule has 0 bridgehead atoms. The Morgan fingerprint density at radius 3 is 2.82 bits per heavy atom. The second kappa shape index (κ2) is 7.64. The molecule has 146 valence electrons.